The predicted octanol–water partition coefficient (Wildman–Crippen LogP) is 1.81. The molecule has 2 aromatic rings. The summed E-state index contributed by atoms with van der Waals surface area (Å²) in [6.07, 6.45) is 11.5. The molecular formula is C19H15ClZr. The summed E-state index contributed by atoms with van der Waals surface area (Å²) in [4.78, 5) is 0. The first kappa shape index (κ1) is 16.5. The summed E-state index contributed by atoms with van der Waals surface area (Å²) in [7, 11) is 0. The third kappa shape index (κ3) is 3.00. The Morgan fingerprint density at radius 3 is 1.57 bits per heavy atom. The number of halogens is 1. The van der Waals surface area contributed by atoms with Crippen molar-refractivity contribution in [3.8, 4) is 0 Å². The molecule has 0 N–H and O–H groups in total. The van der Waals surface area contributed by atoms with E-state index >= 15 is 0 Å². The molecule has 0 bridgehead atoms. The Morgan fingerprint density at radius 1 is 0.667 bits per heavy atom. The van der Waals surface area contributed by atoms with Crippen LogP contribution in [0, 0.1) is 6.42 Å². The van der Waals surface area contributed by atoms with Gasteiger partial charge in [0.05, 0.1) is 0 Å². The van der Waals surface area contributed by atoms with Crippen LogP contribution in [0.5, 0.6) is 0 Å². The van der Waals surface area contributed by atoms with Crippen LogP contribution in [0.25, 0.3) is 12.2 Å². The summed E-state index contributed by atoms with van der Waals surface area (Å²) in [5, 5.41) is 0. The molecule has 0 spiro atoms. The molecule has 102 valence electrons. The number of allylic oxidation sites excluding steroid dienone is 2. The van der Waals surface area contributed by atoms with Gasteiger partial charge in [0.1, 0.15) is 0 Å². The monoisotopic (exact) mass is 368 g/mol. The maximum absolute atomic E-state index is 2.45. The van der Waals surface area contributed by atoms with Gasteiger partial charge < -0.3 is 18.8 Å². The van der Waals surface area contributed by atoms with Crippen molar-refractivity contribution in [1.82, 2.24) is 0 Å². The summed E-state index contributed by atoms with van der Waals surface area (Å²) in [5.74, 6) is 0.883. The van der Waals surface area contributed by atoms with Gasteiger partial charge in [-0.25, -0.2) is 0 Å². The minimum atomic E-state index is 0. The SMILES string of the molecule is C1=CC([CH-]C2C=Cc3ccccc32)c2ccccc21.[Cl-].[Zr+2]. The fourth-order valence-corrected chi connectivity index (χ4v) is 3.11. The Bertz CT molecular complexity index is 628. The normalized spacial score (nSPS) is 20.4. The number of hydrogen-bond donors (Lipinski definition) is 0. The fraction of sp³-hybridized carbons (Fsp3) is 0.105. The molecule has 21 heavy (non-hydrogen) atoms. The molecule has 2 aromatic carbocycles. The van der Waals surface area contributed by atoms with E-state index in [1.165, 1.54) is 22.3 Å². The topological polar surface area (TPSA) is 0 Å². The summed E-state index contributed by atoms with van der Waals surface area (Å²) >= 11 is 0. The molecule has 2 unspecified atom stereocenters. The van der Waals surface area contributed by atoms with Crippen molar-refractivity contribution in [2.45, 2.75) is 11.8 Å². The molecule has 2 atom stereocenters. The second-order valence-corrected chi connectivity index (χ2v) is 5.22. The molecule has 0 heterocycles. The van der Waals surface area contributed by atoms with Gasteiger partial charge in [-0.1, -0.05) is 71.8 Å². The van der Waals surface area contributed by atoms with Crippen molar-refractivity contribution >= 4 is 12.2 Å². The summed E-state index contributed by atoms with van der Waals surface area (Å²) < 4.78 is 0. The van der Waals surface area contributed by atoms with Crippen LogP contribution in [0.3, 0.4) is 0 Å². The first-order valence-corrected chi connectivity index (χ1v) is 6.81. The van der Waals surface area contributed by atoms with E-state index in [-0.39, 0.29) is 38.6 Å². The molecular weight excluding hydrogens is 355 g/mol. The molecule has 0 radical (unpaired) electrons. The molecule has 0 amide bonds. The van der Waals surface area contributed by atoms with Crippen LogP contribution in [-0.4, -0.2) is 0 Å². The van der Waals surface area contributed by atoms with Gasteiger partial charge in [0, 0.05) is 0 Å². The molecule has 4 rings (SSSR count). The van der Waals surface area contributed by atoms with E-state index in [9.17, 15) is 0 Å². The van der Waals surface area contributed by atoms with Gasteiger partial charge in [-0.15, -0.1) is 24.0 Å². The van der Waals surface area contributed by atoms with Gasteiger partial charge in [0.2, 0.25) is 0 Å². The van der Waals surface area contributed by atoms with Gasteiger partial charge in [-0.05, 0) is 11.1 Å². The van der Waals surface area contributed by atoms with Crippen molar-refractivity contribution in [1.29, 1.82) is 0 Å². The van der Waals surface area contributed by atoms with Crippen LogP contribution in [0.4, 0.5) is 0 Å². The van der Waals surface area contributed by atoms with Crippen molar-refractivity contribution in [2.24, 2.45) is 0 Å². The zero-order chi connectivity index (χ0) is 12.7. The molecule has 2 heteroatoms. The first-order chi connectivity index (χ1) is 9.42. The average molecular weight is 370 g/mol. The second kappa shape index (κ2) is 6.90. The molecule has 2 aliphatic carbocycles. The van der Waals surface area contributed by atoms with Crippen LogP contribution in [0.15, 0.2) is 60.7 Å². The van der Waals surface area contributed by atoms with Crippen LogP contribution < -0.4 is 12.4 Å². The van der Waals surface area contributed by atoms with E-state index in [1.807, 2.05) is 0 Å². The van der Waals surface area contributed by atoms with E-state index in [0.29, 0.717) is 11.8 Å². The third-order valence-corrected chi connectivity index (χ3v) is 4.09. The van der Waals surface area contributed by atoms with Crippen molar-refractivity contribution < 1.29 is 38.6 Å². The number of benzene rings is 2. The van der Waals surface area contributed by atoms with Gasteiger partial charge in [-0.3, -0.25) is 0 Å². The Hall–Kier alpha value is -0.907. The van der Waals surface area contributed by atoms with E-state index in [0.717, 1.165) is 0 Å². The van der Waals surface area contributed by atoms with Gasteiger partial charge in [0.15, 0.2) is 0 Å². The van der Waals surface area contributed by atoms with Gasteiger partial charge in [0.25, 0.3) is 0 Å². The van der Waals surface area contributed by atoms with E-state index in [1.54, 1.807) is 0 Å². The predicted molar refractivity (Wildman–Crippen MR) is 80.7 cm³/mol. The molecule has 0 saturated heterocycles. The van der Waals surface area contributed by atoms with Crippen LogP contribution in [0.1, 0.15) is 34.1 Å². The Morgan fingerprint density at radius 2 is 1.10 bits per heavy atom. The first-order valence-electron chi connectivity index (χ1n) is 6.81. The van der Waals surface area contributed by atoms with Crippen LogP contribution in [0.2, 0.25) is 0 Å². The fourth-order valence-electron chi connectivity index (χ4n) is 3.11. The van der Waals surface area contributed by atoms with E-state index in [2.05, 4.69) is 79.3 Å². The van der Waals surface area contributed by atoms with Crippen LogP contribution >= 0.6 is 0 Å². The zero-order valence-corrected chi connectivity index (χ0v) is 14.8. The van der Waals surface area contributed by atoms with Crippen molar-refractivity contribution in [2.75, 3.05) is 0 Å². The minimum Gasteiger partial charge on any atom is -1.00 e. The third-order valence-electron chi connectivity index (χ3n) is 4.09. The maximum atomic E-state index is 2.45. The summed E-state index contributed by atoms with van der Waals surface area (Å²) in [6, 6.07) is 17.3. The van der Waals surface area contributed by atoms with E-state index in [4.69, 9.17) is 0 Å². The molecule has 0 fully saturated rings. The second-order valence-electron chi connectivity index (χ2n) is 5.22. The zero-order valence-electron chi connectivity index (χ0n) is 11.5. The average Bonchev–Trinajstić information content (AvgIpc) is 3.05. The maximum Gasteiger partial charge on any atom is 2.00 e. The van der Waals surface area contributed by atoms with Crippen molar-refractivity contribution in [3.63, 3.8) is 0 Å². The Labute approximate surface area is 151 Å². The molecule has 0 saturated carbocycles. The quantitative estimate of drug-likeness (QED) is 0.708. The molecule has 0 aromatic heterocycles. The van der Waals surface area contributed by atoms with Crippen LogP contribution in [-0.2, 0) is 26.2 Å². The molecule has 0 aliphatic heterocycles. The summed E-state index contributed by atoms with van der Waals surface area (Å²) in [6.45, 7) is 0. The number of hydrogen-bond acceptors (Lipinski definition) is 0. The van der Waals surface area contributed by atoms with Crippen molar-refractivity contribution in [3.05, 3.63) is 89.4 Å². The molecule has 2 aliphatic rings. The van der Waals surface area contributed by atoms with Gasteiger partial charge in [-0.2, -0.15) is 0 Å². The summed E-state index contributed by atoms with van der Waals surface area (Å²) in [5.41, 5.74) is 5.58. The van der Waals surface area contributed by atoms with E-state index < -0.39 is 0 Å². The Kier molecular flexibility index (Phi) is 5.41. The largest absolute Gasteiger partial charge is 2.00 e. The number of rotatable bonds is 2. The standard InChI is InChI=1S/C19H15.ClH.Zr/c1-3-7-18-14(5-1)9-11-16(18)13-17-12-10-15-6-2-4-8-19(15)17;;/h1-13,16-17H;1H;/q-1;;+2/p-1. The molecule has 0 nitrogen and oxygen atoms in total. The Balaban J connectivity index is 0.000000807. The van der Waals surface area contributed by atoms with Gasteiger partial charge >= 0.3 is 26.2 Å². The smallest absolute Gasteiger partial charge is 1.00 e. The number of fused-ring (bicyclic) bond motifs is 2. The minimum absolute atomic E-state index is 0.